The Morgan fingerprint density at radius 1 is 1.16 bits per heavy atom. The smallest absolute Gasteiger partial charge is 0.338 e. The van der Waals surface area contributed by atoms with Gasteiger partial charge in [0.05, 0.1) is 24.3 Å². The first-order chi connectivity index (χ1) is 15.0. The van der Waals surface area contributed by atoms with Crippen LogP contribution < -0.4 is 10.1 Å². The monoisotopic (exact) mass is 437 g/mol. The summed E-state index contributed by atoms with van der Waals surface area (Å²) in [6.45, 7) is 2.09. The highest BCUT2D eigenvalue weighted by Crippen LogP contribution is 2.36. The Labute approximate surface area is 183 Å². The molecule has 0 bridgehead atoms. The summed E-state index contributed by atoms with van der Waals surface area (Å²) in [7, 11) is 1.49. The van der Waals surface area contributed by atoms with E-state index in [0.717, 1.165) is 11.3 Å². The zero-order valence-electron chi connectivity index (χ0n) is 16.9. The summed E-state index contributed by atoms with van der Waals surface area (Å²) in [6, 6.07) is 15.6. The number of halogens is 1. The highest BCUT2D eigenvalue weighted by molar-refractivity contribution is 6.30. The number of aromatic nitrogens is 2. The number of methoxy groups -OCH3 is 1. The van der Waals surface area contributed by atoms with Crippen LogP contribution in [0, 0.1) is 0 Å². The number of aromatic hydroxyl groups is 1. The van der Waals surface area contributed by atoms with Crippen molar-refractivity contribution in [1.29, 1.82) is 0 Å². The Bertz CT molecular complexity index is 1250. The third-order valence-electron chi connectivity index (χ3n) is 4.69. The van der Waals surface area contributed by atoms with Crippen molar-refractivity contribution in [3.8, 4) is 22.8 Å². The summed E-state index contributed by atoms with van der Waals surface area (Å²) in [5.41, 5.74) is 3.31. The van der Waals surface area contributed by atoms with Gasteiger partial charge >= 0.3 is 5.97 Å². The average molecular weight is 438 g/mol. The zero-order valence-corrected chi connectivity index (χ0v) is 17.7. The van der Waals surface area contributed by atoms with Gasteiger partial charge in [-0.2, -0.15) is 0 Å². The Hall–Kier alpha value is -3.71. The van der Waals surface area contributed by atoms with Gasteiger partial charge in [0.1, 0.15) is 17.2 Å². The lowest BCUT2D eigenvalue weighted by atomic mass is 10.1. The molecule has 8 heteroatoms. The number of carbonyl (C=O) groups excluding carboxylic acids is 1. The molecule has 0 amide bonds. The first-order valence-electron chi connectivity index (χ1n) is 9.59. The molecule has 2 heterocycles. The maximum absolute atomic E-state index is 11.9. The number of fused-ring (bicyclic) bond motifs is 1. The van der Waals surface area contributed by atoms with E-state index in [-0.39, 0.29) is 11.7 Å². The van der Waals surface area contributed by atoms with Gasteiger partial charge in [-0.1, -0.05) is 11.6 Å². The molecule has 0 fully saturated rings. The third-order valence-corrected chi connectivity index (χ3v) is 4.92. The molecular formula is C23H20ClN3O4. The van der Waals surface area contributed by atoms with Crippen LogP contribution in [0.4, 0.5) is 11.5 Å². The minimum atomic E-state index is -0.368. The highest BCUT2D eigenvalue weighted by atomic mass is 35.5. The predicted octanol–water partition coefficient (Wildman–Crippen LogP) is 5.29. The number of carbonyl (C=O) groups is 1. The molecule has 0 spiro atoms. The minimum absolute atomic E-state index is 0.0436. The number of pyridine rings is 1. The summed E-state index contributed by atoms with van der Waals surface area (Å²) in [4.78, 5) is 16.6. The molecule has 0 atom stereocenters. The van der Waals surface area contributed by atoms with Crippen molar-refractivity contribution in [1.82, 2.24) is 9.38 Å². The van der Waals surface area contributed by atoms with Crippen molar-refractivity contribution in [2.24, 2.45) is 0 Å². The van der Waals surface area contributed by atoms with E-state index in [9.17, 15) is 9.90 Å². The average Bonchev–Trinajstić information content (AvgIpc) is 3.12. The number of hydrogen-bond donors (Lipinski definition) is 2. The van der Waals surface area contributed by atoms with E-state index in [1.807, 2.05) is 10.5 Å². The van der Waals surface area contributed by atoms with E-state index in [1.54, 1.807) is 61.7 Å². The molecule has 158 valence electrons. The molecule has 4 aromatic rings. The summed E-state index contributed by atoms with van der Waals surface area (Å²) < 4.78 is 12.1. The second-order valence-electron chi connectivity index (χ2n) is 6.69. The maximum atomic E-state index is 11.9. The highest BCUT2D eigenvalue weighted by Gasteiger charge is 2.17. The van der Waals surface area contributed by atoms with Gasteiger partial charge in [-0.25, -0.2) is 9.78 Å². The van der Waals surface area contributed by atoms with Crippen molar-refractivity contribution in [3.05, 3.63) is 71.4 Å². The van der Waals surface area contributed by atoms with Crippen LogP contribution >= 0.6 is 11.6 Å². The van der Waals surface area contributed by atoms with E-state index >= 15 is 0 Å². The molecular weight excluding hydrogens is 418 g/mol. The maximum Gasteiger partial charge on any atom is 0.338 e. The van der Waals surface area contributed by atoms with Gasteiger partial charge in [0.2, 0.25) is 0 Å². The summed E-state index contributed by atoms with van der Waals surface area (Å²) in [6.07, 6.45) is 1.76. The summed E-state index contributed by atoms with van der Waals surface area (Å²) >= 11 is 6.22. The predicted molar refractivity (Wildman–Crippen MR) is 120 cm³/mol. The van der Waals surface area contributed by atoms with Crippen LogP contribution in [0.25, 0.3) is 16.9 Å². The van der Waals surface area contributed by atoms with Crippen molar-refractivity contribution in [2.45, 2.75) is 6.92 Å². The van der Waals surface area contributed by atoms with Gasteiger partial charge in [-0.15, -0.1) is 0 Å². The number of phenols is 1. The van der Waals surface area contributed by atoms with Gasteiger partial charge in [-0.05, 0) is 61.5 Å². The Kier molecular flexibility index (Phi) is 5.68. The number of esters is 1. The quantitative estimate of drug-likeness (QED) is 0.399. The molecule has 0 aliphatic heterocycles. The fourth-order valence-electron chi connectivity index (χ4n) is 3.21. The SMILES string of the molecule is CCOC(=O)c1ccc(Nc2c(-c3ccc(O)c(OC)c3)nc3ccc(Cl)cn23)cc1. The second kappa shape index (κ2) is 8.57. The van der Waals surface area contributed by atoms with E-state index in [0.29, 0.717) is 40.1 Å². The van der Waals surface area contributed by atoms with Crippen LogP contribution in [0.15, 0.2) is 60.8 Å². The molecule has 0 unspecified atom stereocenters. The number of ether oxygens (including phenoxy) is 2. The number of rotatable bonds is 6. The van der Waals surface area contributed by atoms with E-state index in [2.05, 4.69) is 5.32 Å². The first-order valence-corrected chi connectivity index (χ1v) is 9.97. The third kappa shape index (κ3) is 4.13. The van der Waals surface area contributed by atoms with Crippen LogP contribution in [0.5, 0.6) is 11.5 Å². The van der Waals surface area contributed by atoms with Gasteiger partial charge < -0.3 is 19.9 Å². The van der Waals surface area contributed by atoms with Gasteiger partial charge in [-0.3, -0.25) is 4.40 Å². The molecule has 2 aromatic carbocycles. The molecule has 31 heavy (non-hydrogen) atoms. The van der Waals surface area contributed by atoms with Crippen molar-refractivity contribution >= 4 is 34.7 Å². The molecule has 0 radical (unpaired) electrons. The molecule has 0 aliphatic carbocycles. The van der Waals surface area contributed by atoms with Crippen molar-refractivity contribution < 1.29 is 19.4 Å². The molecule has 0 saturated carbocycles. The van der Waals surface area contributed by atoms with Crippen LogP contribution in [-0.4, -0.2) is 34.2 Å². The number of phenolic OH excluding ortho intramolecular Hbond substituents is 1. The molecule has 7 nitrogen and oxygen atoms in total. The zero-order chi connectivity index (χ0) is 22.0. The number of nitrogens with one attached hydrogen (secondary N) is 1. The fourth-order valence-corrected chi connectivity index (χ4v) is 3.37. The topological polar surface area (TPSA) is 85.1 Å². The van der Waals surface area contributed by atoms with Gasteiger partial charge in [0.15, 0.2) is 11.5 Å². The lowest BCUT2D eigenvalue weighted by Gasteiger charge is -2.11. The van der Waals surface area contributed by atoms with E-state index in [1.165, 1.54) is 7.11 Å². The normalized spacial score (nSPS) is 10.8. The fraction of sp³-hybridized carbons (Fsp3) is 0.130. The second-order valence-corrected chi connectivity index (χ2v) is 7.13. The number of anilines is 2. The lowest BCUT2D eigenvalue weighted by Crippen LogP contribution is -2.04. The number of benzene rings is 2. The molecule has 0 saturated heterocycles. The standard InChI is InChI=1S/C23H20ClN3O4/c1-3-31-23(29)14-4-8-17(9-5-14)25-22-21(15-6-10-18(28)19(12-15)30-2)26-20-11-7-16(24)13-27(20)22/h4-13,25,28H,3H2,1-2H3. The summed E-state index contributed by atoms with van der Waals surface area (Å²) in [5, 5.41) is 13.9. The number of imidazole rings is 1. The molecule has 0 aliphatic rings. The van der Waals surface area contributed by atoms with Crippen LogP contribution in [-0.2, 0) is 4.74 Å². The summed E-state index contributed by atoms with van der Waals surface area (Å²) in [5.74, 6) is 0.695. The molecule has 4 rings (SSSR count). The lowest BCUT2D eigenvalue weighted by molar-refractivity contribution is 0.0526. The number of hydrogen-bond acceptors (Lipinski definition) is 6. The largest absolute Gasteiger partial charge is 0.504 e. The van der Waals surface area contributed by atoms with Crippen LogP contribution in [0.2, 0.25) is 5.02 Å². The Morgan fingerprint density at radius 3 is 2.65 bits per heavy atom. The van der Waals surface area contributed by atoms with Crippen molar-refractivity contribution in [2.75, 3.05) is 19.0 Å². The molecule has 2 N–H and O–H groups in total. The Morgan fingerprint density at radius 2 is 1.94 bits per heavy atom. The van der Waals surface area contributed by atoms with E-state index < -0.39 is 0 Å². The first kappa shape index (κ1) is 20.6. The molecule has 2 aromatic heterocycles. The van der Waals surface area contributed by atoms with Crippen molar-refractivity contribution in [3.63, 3.8) is 0 Å². The van der Waals surface area contributed by atoms with E-state index in [4.69, 9.17) is 26.1 Å². The van der Waals surface area contributed by atoms with Crippen LogP contribution in [0.1, 0.15) is 17.3 Å². The minimum Gasteiger partial charge on any atom is -0.504 e. The van der Waals surface area contributed by atoms with Gasteiger partial charge in [0.25, 0.3) is 0 Å². The van der Waals surface area contributed by atoms with Gasteiger partial charge in [0, 0.05) is 17.4 Å². The van der Waals surface area contributed by atoms with Crippen LogP contribution in [0.3, 0.4) is 0 Å². The number of nitrogens with zero attached hydrogens (tertiary/aromatic N) is 2. The Balaban J connectivity index is 1.78.